The smallest absolute Gasteiger partial charge is 0.253 e. The fourth-order valence-electron chi connectivity index (χ4n) is 4.15. The van der Waals surface area contributed by atoms with Crippen LogP contribution in [0.3, 0.4) is 0 Å². The van der Waals surface area contributed by atoms with E-state index in [0.29, 0.717) is 26.0 Å². The van der Waals surface area contributed by atoms with Gasteiger partial charge in [-0.25, -0.2) is 4.39 Å². The second-order valence-corrected chi connectivity index (χ2v) is 8.94. The summed E-state index contributed by atoms with van der Waals surface area (Å²) in [6.07, 6.45) is 8.70. The number of hydrogen-bond donors (Lipinski definition) is 1. The van der Waals surface area contributed by atoms with Crippen LogP contribution in [-0.4, -0.2) is 62.0 Å². The van der Waals surface area contributed by atoms with Crippen molar-refractivity contribution in [1.29, 1.82) is 0 Å². The van der Waals surface area contributed by atoms with Crippen molar-refractivity contribution < 1.29 is 18.7 Å². The van der Waals surface area contributed by atoms with Gasteiger partial charge in [-0.1, -0.05) is 68.5 Å². The Morgan fingerprint density at radius 2 is 1.64 bits per heavy atom. The Bertz CT molecular complexity index is 1070. The molecule has 0 aromatic heterocycles. The standard InChI is InChI=1S/C20H24N2O2.C10H12FNO.C2H6/c1-24-16-18-7-9-19(10-8-18)20(23)22-13-11-21(12-14-22)15-17-5-3-2-4-6-17;11-10-3-1-2-9(4-5-10)6-7-12-8-13;1-2/h2-10H,11-16H2,1H3;2-5,8H,1,6-7H2,(H,12,13);1-2H3. The highest BCUT2D eigenvalue weighted by molar-refractivity contribution is 5.94. The van der Waals surface area contributed by atoms with E-state index in [-0.39, 0.29) is 11.7 Å². The van der Waals surface area contributed by atoms with Gasteiger partial charge in [-0.05, 0) is 53.8 Å². The Kier molecular flexibility index (Phi) is 15.2. The van der Waals surface area contributed by atoms with Crippen LogP contribution in [0.5, 0.6) is 0 Å². The summed E-state index contributed by atoms with van der Waals surface area (Å²) in [5, 5.41) is 2.56. The zero-order valence-electron chi connectivity index (χ0n) is 23.4. The topological polar surface area (TPSA) is 61.9 Å². The summed E-state index contributed by atoms with van der Waals surface area (Å²) in [5.74, 6) is -0.0760. The molecule has 4 rings (SSSR count). The average molecular weight is 536 g/mol. The summed E-state index contributed by atoms with van der Waals surface area (Å²) in [5.41, 5.74) is 4.22. The first kappa shape index (κ1) is 31.7. The van der Waals surface area contributed by atoms with Crippen molar-refractivity contribution in [1.82, 2.24) is 15.1 Å². The Morgan fingerprint density at radius 1 is 0.949 bits per heavy atom. The van der Waals surface area contributed by atoms with Crippen LogP contribution >= 0.6 is 0 Å². The molecule has 210 valence electrons. The number of allylic oxidation sites excluding steroid dienone is 5. The van der Waals surface area contributed by atoms with Crippen molar-refractivity contribution >= 4 is 12.3 Å². The predicted octanol–water partition coefficient (Wildman–Crippen LogP) is 5.68. The number of nitrogens with one attached hydrogen (secondary N) is 1. The van der Waals surface area contributed by atoms with Crippen LogP contribution in [0, 0.1) is 0 Å². The molecule has 0 spiro atoms. The molecule has 1 aliphatic carbocycles. The second-order valence-electron chi connectivity index (χ2n) is 8.94. The van der Waals surface area contributed by atoms with Crippen molar-refractivity contribution in [2.45, 2.75) is 39.8 Å². The SMILES string of the molecule is CC.COCc1ccc(C(=O)N2CCN(Cc3ccccc3)CC2)cc1.O=CNCCC1=CCC=C(F)C=C1. The minimum Gasteiger partial charge on any atom is -0.380 e. The molecular weight excluding hydrogens is 493 g/mol. The van der Waals surface area contributed by atoms with E-state index < -0.39 is 0 Å². The van der Waals surface area contributed by atoms with Crippen LogP contribution in [0.1, 0.15) is 48.2 Å². The number of ether oxygens (including phenoxy) is 1. The lowest BCUT2D eigenvalue weighted by Crippen LogP contribution is -2.48. The fraction of sp³-hybridized carbons (Fsp3) is 0.375. The predicted molar refractivity (Wildman–Crippen MR) is 156 cm³/mol. The van der Waals surface area contributed by atoms with Gasteiger partial charge >= 0.3 is 0 Å². The Balaban J connectivity index is 0.000000301. The summed E-state index contributed by atoms with van der Waals surface area (Å²) < 4.78 is 17.8. The van der Waals surface area contributed by atoms with E-state index in [4.69, 9.17) is 4.74 Å². The number of carbonyl (C=O) groups excluding carboxylic acids is 2. The Labute approximate surface area is 232 Å². The van der Waals surface area contributed by atoms with Gasteiger partial charge in [0.1, 0.15) is 5.83 Å². The van der Waals surface area contributed by atoms with Gasteiger partial charge in [-0.2, -0.15) is 0 Å². The van der Waals surface area contributed by atoms with Crippen LogP contribution in [0.15, 0.2) is 90.3 Å². The average Bonchev–Trinajstić information content (AvgIpc) is 3.19. The number of halogens is 1. The van der Waals surface area contributed by atoms with Gasteiger partial charge in [0, 0.05) is 51.9 Å². The van der Waals surface area contributed by atoms with Crippen LogP contribution in [-0.2, 0) is 22.7 Å². The molecule has 0 unspecified atom stereocenters. The van der Waals surface area contributed by atoms with E-state index in [1.807, 2.05) is 55.2 Å². The molecule has 0 radical (unpaired) electrons. The number of amides is 2. The molecule has 1 heterocycles. The minimum absolute atomic E-state index is 0.123. The summed E-state index contributed by atoms with van der Waals surface area (Å²) in [6.45, 7) is 9.53. The van der Waals surface area contributed by atoms with E-state index in [0.717, 1.165) is 55.8 Å². The number of hydrogen-bond acceptors (Lipinski definition) is 4. The Hall–Kier alpha value is -3.55. The molecule has 2 amide bonds. The molecule has 0 saturated carbocycles. The first-order valence-electron chi connectivity index (χ1n) is 13.6. The first-order chi connectivity index (χ1) is 19.1. The molecular formula is C32H42FN3O3. The highest BCUT2D eigenvalue weighted by Crippen LogP contribution is 2.14. The maximum atomic E-state index is 12.7. The van der Waals surface area contributed by atoms with Crippen molar-refractivity contribution in [2.24, 2.45) is 0 Å². The lowest BCUT2D eigenvalue weighted by Gasteiger charge is -2.34. The zero-order chi connectivity index (χ0) is 28.3. The number of nitrogens with zero attached hydrogens (tertiary/aromatic N) is 2. The lowest BCUT2D eigenvalue weighted by atomic mass is 10.1. The molecule has 2 aromatic rings. The van der Waals surface area contributed by atoms with Crippen molar-refractivity contribution in [3.8, 4) is 0 Å². The van der Waals surface area contributed by atoms with Crippen LogP contribution in [0.25, 0.3) is 0 Å². The largest absolute Gasteiger partial charge is 0.380 e. The quantitative estimate of drug-likeness (QED) is 0.332. The van der Waals surface area contributed by atoms with Gasteiger partial charge in [0.25, 0.3) is 5.91 Å². The van der Waals surface area contributed by atoms with E-state index in [9.17, 15) is 14.0 Å². The number of methoxy groups -OCH3 is 1. The number of benzene rings is 2. The molecule has 39 heavy (non-hydrogen) atoms. The third-order valence-corrected chi connectivity index (χ3v) is 6.21. The van der Waals surface area contributed by atoms with E-state index in [1.54, 1.807) is 13.2 Å². The molecule has 0 bridgehead atoms. The molecule has 2 aliphatic rings. The first-order valence-corrected chi connectivity index (χ1v) is 13.6. The number of carbonyl (C=O) groups is 2. The molecule has 2 aromatic carbocycles. The van der Waals surface area contributed by atoms with Crippen molar-refractivity contribution in [2.75, 3.05) is 39.8 Å². The van der Waals surface area contributed by atoms with Crippen molar-refractivity contribution in [3.05, 3.63) is 107 Å². The highest BCUT2D eigenvalue weighted by atomic mass is 19.1. The summed E-state index contributed by atoms with van der Waals surface area (Å²) in [6, 6.07) is 18.2. The summed E-state index contributed by atoms with van der Waals surface area (Å²) >= 11 is 0. The zero-order valence-corrected chi connectivity index (χ0v) is 23.4. The van der Waals surface area contributed by atoms with Crippen LogP contribution < -0.4 is 5.32 Å². The van der Waals surface area contributed by atoms with Crippen molar-refractivity contribution in [3.63, 3.8) is 0 Å². The minimum atomic E-state index is -0.199. The monoisotopic (exact) mass is 535 g/mol. The molecule has 0 atom stereocenters. The van der Waals surface area contributed by atoms with Gasteiger partial charge in [-0.3, -0.25) is 14.5 Å². The number of piperazine rings is 1. The third kappa shape index (κ3) is 11.8. The number of rotatable bonds is 9. The molecule has 1 aliphatic heterocycles. The molecule has 1 fully saturated rings. The van der Waals surface area contributed by atoms with E-state index in [2.05, 4.69) is 34.5 Å². The fourth-order valence-corrected chi connectivity index (χ4v) is 4.15. The van der Waals surface area contributed by atoms with Gasteiger partial charge in [0.15, 0.2) is 0 Å². The van der Waals surface area contributed by atoms with E-state index in [1.165, 1.54) is 17.7 Å². The molecule has 6 nitrogen and oxygen atoms in total. The maximum Gasteiger partial charge on any atom is 0.253 e. The van der Waals surface area contributed by atoms with Gasteiger partial charge < -0.3 is 15.0 Å². The van der Waals surface area contributed by atoms with Gasteiger partial charge in [0.2, 0.25) is 6.41 Å². The highest BCUT2D eigenvalue weighted by Gasteiger charge is 2.22. The maximum absolute atomic E-state index is 12.7. The van der Waals surface area contributed by atoms with Gasteiger partial charge in [0.05, 0.1) is 6.61 Å². The van der Waals surface area contributed by atoms with Crippen LogP contribution in [0.2, 0.25) is 0 Å². The third-order valence-electron chi connectivity index (χ3n) is 6.21. The molecule has 1 N–H and O–H groups in total. The second kappa shape index (κ2) is 18.7. The molecule has 7 heteroatoms. The Morgan fingerprint density at radius 3 is 2.28 bits per heavy atom. The van der Waals surface area contributed by atoms with Gasteiger partial charge in [-0.15, -0.1) is 0 Å². The normalized spacial score (nSPS) is 14.9. The van der Waals surface area contributed by atoms with Crippen LogP contribution in [0.4, 0.5) is 4.39 Å². The summed E-state index contributed by atoms with van der Waals surface area (Å²) in [4.78, 5) is 26.9. The lowest BCUT2D eigenvalue weighted by molar-refractivity contribution is -0.109. The summed E-state index contributed by atoms with van der Waals surface area (Å²) in [7, 11) is 1.67. The molecule has 1 saturated heterocycles. The van der Waals surface area contributed by atoms with E-state index >= 15 is 0 Å².